The maximum Gasteiger partial charge on any atom is 0.260 e. The van der Waals surface area contributed by atoms with Crippen LogP contribution in [-0.4, -0.2) is 10.1 Å². The second kappa shape index (κ2) is 4.81. The summed E-state index contributed by atoms with van der Waals surface area (Å²) in [5, 5.41) is 4.04. The van der Waals surface area contributed by atoms with Gasteiger partial charge < -0.3 is 10.3 Å². The molecule has 0 amide bonds. The smallest absolute Gasteiger partial charge is 0.260 e. The molecule has 0 aliphatic heterocycles. The Kier molecular flexibility index (Phi) is 2.99. The number of nitrogens with two attached hydrogens (primary N) is 1. The van der Waals surface area contributed by atoms with Crippen LogP contribution in [0.15, 0.2) is 47.0 Å². The molecular weight excluding hydrogens is 250 g/mol. The molecular formula is C16H15N3O. The molecule has 4 heteroatoms. The second-order valence-electron chi connectivity index (χ2n) is 4.83. The molecule has 4 nitrogen and oxygen atoms in total. The number of anilines is 1. The summed E-state index contributed by atoms with van der Waals surface area (Å²) >= 11 is 0. The molecule has 0 aliphatic carbocycles. The van der Waals surface area contributed by atoms with Crippen LogP contribution in [-0.2, 0) is 0 Å². The van der Waals surface area contributed by atoms with Crippen molar-refractivity contribution in [3.63, 3.8) is 0 Å². The lowest BCUT2D eigenvalue weighted by molar-refractivity contribution is 0.432. The highest BCUT2D eigenvalue weighted by atomic mass is 16.5. The topological polar surface area (TPSA) is 64.9 Å². The van der Waals surface area contributed by atoms with Crippen LogP contribution in [0.2, 0.25) is 0 Å². The van der Waals surface area contributed by atoms with Crippen molar-refractivity contribution in [2.75, 3.05) is 5.73 Å². The van der Waals surface area contributed by atoms with Crippen LogP contribution in [0.4, 0.5) is 5.69 Å². The Hall–Kier alpha value is -2.62. The summed E-state index contributed by atoms with van der Waals surface area (Å²) in [6, 6.07) is 13.7. The molecule has 3 aromatic rings. The minimum absolute atomic E-state index is 0.456. The Morgan fingerprint density at radius 2 is 1.85 bits per heavy atom. The highest BCUT2D eigenvalue weighted by Crippen LogP contribution is 2.29. The van der Waals surface area contributed by atoms with Gasteiger partial charge in [0, 0.05) is 11.3 Å². The summed E-state index contributed by atoms with van der Waals surface area (Å²) in [5.74, 6) is 1.03. The van der Waals surface area contributed by atoms with Gasteiger partial charge in [-0.3, -0.25) is 0 Å². The molecule has 0 saturated heterocycles. The maximum absolute atomic E-state index is 6.00. The van der Waals surface area contributed by atoms with Crippen LogP contribution >= 0.6 is 0 Å². The molecule has 20 heavy (non-hydrogen) atoms. The predicted octanol–water partition coefficient (Wildman–Crippen LogP) is 3.60. The van der Waals surface area contributed by atoms with E-state index in [1.807, 2.05) is 56.3 Å². The fraction of sp³-hybridized carbons (Fsp3) is 0.125. The lowest BCUT2D eigenvalue weighted by Crippen LogP contribution is -1.92. The van der Waals surface area contributed by atoms with Gasteiger partial charge in [0.15, 0.2) is 0 Å². The molecule has 0 aliphatic rings. The van der Waals surface area contributed by atoms with Crippen LogP contribution in [0, 0.1) is 13.8 Å². The van der Waals surface area contributed by atoms with Gasteiger partial charge in [0.2, 0.25) is 5.82 Å². The Morgan fingerprint density at radius 1 is 1.05 bits per heavy atom. The van der Waals surface area contributed by atoms with Gasteiger partial charge in [-0.05, 0) is 31.5 Å². The highest BCUT2D eigenvalue weighted by Gasteiger charge is 2.14. The molecule has 0 spiro atoms. The molecule has 3 rings (SSSR count). The average Bonchev–Trinajstić information content (AvgIpc) is 2.88. The zero-order chi connectivity index (χ0) is 14.1. The number of hydrogen-bond donors (Lipinski definition) is 1. The first-order valence-electron chi connectivity index (χ1n) is 6.41. The van der Waals surface area contributed by atoms with E-state index in [9.17, 15) is 0 Å². The number of nitrogen functional groups attached to an aromatic ring is 1. The minimum atomic E-state index is 0.456. The van der Waals surface area contributed by atoms with Crippen molar-refractivity contribution in [3.05, 3.63) is 53.6 Å². The maximum atomic E-state index is 6.00. The van der Waals surface area contributed by atoms with Crippen LogP contribution in [0.25, 0.3) is 22.8 Å². The first-order valence-corrected chi connectivity index (χ1v) is 6.41. The van der Waals surface area contributed by atoms with E-state index in [0.29, 0.717) is 17.4 Å². The third-order valence-electron chi connectivity index (χ3n) is 3.22. The van der Waals surface area contributed by atoms with E-state index in [1.54, 1.807) is 0 Å². The highest BCUT2D eigenvalue weighted by molar-refractivity contribution is 5.74. The lowest BCUT2D eigenvalue weighted by Gasteiger charge is -2.03. The van der Waals surface area contributed by atoms with Crippen LogP contribution in [0.1, 0.15) is 11.1 Å². The number of hydrogen-bond acceptors (Lipinski definition) is 4. The van der Waals surface area contributed by atoms with E-state index < -0.39 is 0 Å². The molecule has 100 valence electrons. The van der Waals surface area contributed by atoms with Crippen LogP contribution in [0.3, 0.4) is 0 Å². The van der Waals surface area contributed by atoms with Crippen molar-refractivity contribution in [2.24, 2.45) is 0 Å². The Balaban J connectivity index is 2.07. The summed E-state index contributed by atoms with van der Waals surface area (Å²) in [6.45, 7) is 4.01. The molecule has 2 aromatic carbocycles. The normalized spacial score (nSPS) is 10.7. The zero-order valence-electron chi connectivity index (χ0n) is 11.4. The summed E-state index contributed by atoms with van der Waals surface area (Å²) in [6.07, 6.45) is 0. The summed E-state index contributed by atoms with van der Waals surface area (Å²) in [7, 11) is 0. The molecule has 1 heterocycles. The third-order valence-corrected chi connectivity index (χ3v) is 3.22. The fourth-order valence-electron chi connectivity index (χ4n) is 2.21. The number of rotatable bonds is 2. The van der Waals surface area contributed by atoms with Gasteiger partial charge in [0.1, 0.15) is 0 Å². The molecule has 0 bridgehead atoms. The van der Waals surface area contributed by atoms with Gasteiger partial charge in [-0.2, -0.15) is 4.98 Å². The molecule has 0 unspecified atom stereocenters. The largest absolute Gasteiger partial charge is 0.398 e. The monoisotopic (exact) mass is 265 g/mol. The Morgan fingerprint density at radius 3 is 2.60 bits per heavy atom. The third kappa shape index (κ3) is 2.16. The first kappa shape index (κ1) is 12.4. The van der Waals surface area contributed by atoms with E-state index >= 15 is 0 Å². The van der Waals surface area contributed by atoms with Gasteiger partial charge in [-0.1, -0.05) is 41.1 Å². The van der Waals surface area contributed by atoms with Gasteiger partial charge in [-0.15, -0.1) is 0 Å². The van der Waals surface area contributed by atoms with Crippen LogP contribution < -0.4 is 5.73 Å². The van der Waals surface area contributed by atoms with E-state index in [4.69, 9.17) is 10.3 Å². The summed E-state index contributed by atoms with van der Waals surface area (Å²) in [4.78, 5) is 4.46. The van der Waals surface area contributed by atoms with E-state index in [1.165, 1.54) is 0 Å². The van der Waals surface area contributed by atoms with Crippen molar-refractivity contribution in [1.82, 2.24) is 10.1 Å². The standard InChI is InChI=1S/C16H15N3O/c1-10-5-3-7-12(9-10)15-18-16(20-19-15)14-11(2)6-4-8-13(14)17/h3-9H,17H2,1-2H3. The summed E-state index contributed by atoms with van der Waals surface area (Å²) < 4.78 is 5.37. The van der Waals surface area contributed by atoms with Crippen molar-refractivity contribution in [2.45, 2.75) is 13.8 Å². The van der Waals surface area contributed by atoms with Crippen LogP contribution in [0.5, 0.6) is 0 Å². The number of aromatic nitrogens is 2. The van der Waals surface area contributed by atoms with Gasteiger partial charge in [0.25, 0.3) is 5.89 Å². The molecule has 0 fully saturated rings. The molecule has 0 radical (unpaired) electrons. The zero-order valence-corrected chi connectivity index (χ0v) is 11.4. The minimum Gasteiger partial charge on any atom is -0.398 e. The van der Waals surface area contributed by atoms with Gasteiger partial charge in [-0.25, -0.2) is 0 Å². The first-order chi connectivity index (χ1) is 9.65. The Bertz CT molecular complexity index is 742. The quantitative estimate of drug-likeness (QED) is 0.719. The SMILES string of the molecule is Cc1cccc(-c2noc(-c3c(C)cccc3N)n2)c1. The average molecular weight is 265 g/mol. The number of nitrogens with zero attached hydrogens (tertiary/aromatic N) is 2. The second-order valence-corrected chi connectivity index (χ2v) is 4.83. The van der Waals surface area contributed by atoms with Gasteiger partial charge in [0.05, 0.1) is 5.56 Å². The lowest BCUT2D eigenvalue weighted by atomic mass is 10.1. The Labute approximate surface area is 117 Å². The molecule has 2 N–H and O–H groups in total. The fourth-order valence-corrected chi connectivity index (χ4v) is 2.21. The van der Waals surface area contributed by atoms with Crippen molar-refractivity contribution in [3.8, 4) is 22.8 Å². The van der Waals surface area contributed by atoms with Crippen molar-refractivity contribution in [1.29, 1.82) is 0 Å². The van der Waals surface area contributed by atoms with Crippen molar-refractivity contribution >= 4 is 5.69 Å². The number of benzene rings is 2. The molecule has 0 atom stereocenters. The van der Waals surface area contributed by atoms with E-state index in [2.05, 4.69) is 10.1 Å². The van der Waals surface area contributed by atoms with E-state index in [0.717, 1.165) is 22.3 Å². The summed E-state index contributed by atoms with van der Waals surface area (Å²) in [5.41, 5.74) is 10.6. The van der Waals surface area contributed by atoms with Crippen molar-refractivity contribution < 1.29 is 4.52 Å². The van der Waals surface area contributed by atoms with Gasteiger partial charge >= 0.3 is 0 Å². The molecule has 0 saturated carbocycles. The number of aryl methyl sites for hydroxylation is 2. The molecule has 1 aromatic heterocycles. The predicted molar refractivity (Wildman–Crippen MR) is 79.1 cm³/mol. The van der Waals surface area contributed by atoms with E-state index in [-0.39, 0.29) is 0 Å².